The normalized spacial score (nSPS) is 17.4. The number of nitrogens with zero attached hydrogens (tertiary/aromatic N) is 5. The Hall–Kier alpha value is -4.29. The van der Waals surface area contributed by atoms with Crippen molar-refractivity contribution in [3.63, 3.8) is 0 Å². The van der Waals surface area contributed by atoms with Gasteiger partial charge in [-0.05, 0) is 50.4 Å². The fraction of sp³-hybridized carbons (Fsp3) is 0.368. The van der Waals surface area contributed by atoms with Gasteiger partial charge in [-0.15, -0.1) is 0 Å². The van der Waals surface area contributed by atoms with Gasteiger partial charge in [-0.25, -0.2) is 4.98 Å². The molecule has 3 aromatic carbocycles. The number of anilines is 1. The number of imidazole rings is 1. The quantitative estimate of drug-likeness (QED) is 0.0924. The molecule has 1 aliphatic heterocycles. The van der Waals surface area contributed by atoms with E-state index in [2.05, 4.69) is 106 Å². The van der Waals surface area contributed by atoms with Crippen LogP contribution in [0.15, 0.2) is 97.3 Å². The largest absolute Gasteiger partial charge is 0.470 e. The van der Waals surface area contributed by atoms with E-state index in [0.717, 1.165) is 16.7 Å². The van der Waals surface area contributed by atoms with Crippen molar-refractivity contribution in [3.8, 4) is 5.88 Å². The highest BCUT2D eigenvalue weighted by Crippen LogP contribution is 2.44. The molecule has 0 bridgehead atoms. The van der Waals surface area contributed by atoms with E-state index >= 15 is 0 Å². The number of ether oxygens (including phenoxy) is 2. The lowest BCUT2D eigenvalue weighted by Gasteiger charge is -2.50. The number of fused-ring (bicyclic) bond motifs is 1. The monoisotopic (exact) mass is 680 g/mol. The van der Waals surface area contributed by atoms with Crippen molar-refractivity contribution in [1.82, 2.24) is 24.4 Å². The molecule has 0 radical (unpaired) electrons. The van der Waals surface area contributed by atoms with Crippen LogP contribution in [-0.4, -0.2) is 67.8 Å². The predicted molar refractivity (Wildman–Crippen MR) is 194 cm³/mol. The molecular weight excluding hydrogens is 637 g/mol. The number of amides is 1. The van der Waals surface area contributed by atoms with Gasteiger partial charge in [0.15, 0.2) is 11.2 Å². The van der Waals surface area contributed by atoms with Crippen LogP contribution < -0.4 is 10.1 Å². The van der Waals surface area contributed by atoms with Crippen LogP contribution in [-0.2, 0) is 25.8 Å². The molecule has 0 spiro atoms. The van der Waals surface area contributed by atoms with Crippen molar-refractivity contribution in [1.29, 1.82) is 0 Å². The molecule has 1 fully saturated rings. The van der Waals surface area contributed by atoms with Gasteiger partial charge in [0.25, 0.3) is 0 Å². The van der Waals surface area contributed by atoms with Crippen LogP contribution in [0.2, 0.25) is 0 Å². The Bertz CT molecular complexity index is 1750. The van der Waals surface area contributed by atoms with Gasteiger partial charge < -0.3 is 18.2 Å². The van der Waals surface area contributed by atoms with E-state index in [0.29, 0.717) is 43.3 Å². The molecule has 2 atom stereocenters. The van der Waals surface area contributed by atoms with Gasteiger partial charge in [-0.1, -0.05) is 105 Å². The summed E-state index contributed by atoms with van der Waals surface area (Å²) < 4.78 is 20.3. The number of nitrogens with one attached hydrogen (secondary N) is 1. The van der Waals surface area contributed by atoms with Crippen molar-refractivity contribution in [2.75, 3.05) is 25.0 Å². The molecule has 256 valence electrons. The average Bonchev–Trinajstić information content (AvgIpc) is 3.48. The molecule has 0 aliphatic carbocycles. The molecule has 2 unspecified atom stereocenters. The topological polar surface area (TPSA) is 104 Å². The molecule has 49 heavy (non-hydrogen) atoms. The van der Waals surface area contributed by atoms with Crippen molar-refractivity contribution in [3.05, 3.63) is 114 Å². The first-order valence-electron chi connectivity index (χ1n) is 16.6. The Kier molecular flexibility index (Phi) is 10.4. The number of benzene rings is 3. The van der Waals surface area contributed by atoms with Crippen LogP contribution in [0.4, 0.5) is 5.95 Å². The Labute approximate surface area is 293 Å². The van der Waals surface area contributed by atoms with Gasteiger partial charge in [-0.2, -0.15) is 9.97 Å². The predicted octanol–water partition coefficient (Wildman–Crippen LogP) is 6.52. The van der Waals surface area contributed by atoms with E-state index in [4.69, 9.17) is 18.6 Å². The lowest BCUT2D eigenvalue weighted by molar-refractivity contribution is -0.119. The van der Waals surface area contributed by atoms with Gasteiger partial charge in [-0.3, -0.25) is 15.0 Å². The zero-order chi connectivity index (χ0) is 34.6. The molecule has 3 heterocycles. The fourth-order valence-electron chi connectivity index (χ4n) is 6.50. The van der Waals surface area contributed by atoms with Crippen LogP contribution in [0.3, 0.4) is 0 Å². The molecule has 0 saturated carbocycles. The number of hydrogen-bond acceptors (Lipinski definition) is 9. The van der Waals surface area contributed by atoms with E-state index in [9.17, 15) is 4.79 Å². The maximum atomic E-state index is 12.7. The van der Waals surface area contributed by atoms with Gasteiger partial charge in [0, 0.05) is 19.0 Å². The minimum atomic E-state index is -0.637. The molecule has 11 heteroatoms. The Morgan fingerprint density at radius 3 is 1.96 bits per heavy atom. The second kappa shape index (κ2) is 14.7. The van der Waals surface area contributed by atoms with E-state index < -0.39 is 11.1 Å². The number of carbonyl (C=O) groups is 1. The maximum Gasteiger partial charge on any atom is 0.247 e. The van der Waals surface area contributed by atoms with Crippen molar-refractivity contribution >= 4 is 35.9 Å². The number of rotatable bonds is 11. The first kappa shape index (κ1) is 34.6. The highest BCUT2D eigenvalue weighted by Gasteiger charge is 2.46. The molecular formula is C38H44N6O4S. The molecule has 5 aromatic rings. The summed E-state index contributed by atoms with van der Waals surface area (Å²) in [4.78, 5) is 29.1. The number of morpholine rings is 1. The smallest absolute Gasteiger partial charge is 0.247 e. The summed E-state index contributed by atoms with van der Waals surface area (Å²) in [5, 5.41) is 2.84. The van der Waals surface area contributed by atoms with Crippen LogP contribution in [0.5, 0.6) is 5.88 Å². The lowest BCUT2D eigenvalue weighted by atomic mass is 9.75. The maximum absolute atomic E-state index is 12.7. The number of aromatic nitrogens is 4. The second-order valence-electron chi connectivity index (χ2n) is 13.7. The zero-order valence-corrected chi connectivity index (χ0v) is 29.5. The third-order valence-electron chi connectivity index (χ3n) is 8.54. The number of hydrogen-bond donors (Lipinski definition) is 2. The molecule has 1 N–H and O–H groups in total. The van der Waals surface area contributed by atoms with Gasteiger partial charge in [0.1, 0.15) is 5.60 Å². The highest BCUT2D eigenvalue weighted by atomic mass is 32.1. The lowest BCUT2D eigenvalue weighted by Crippen LogP contribution is -2.59. The molecule has 1 saturated heterocycles. The van der Waals surface area contributed by atoms with Gasteiger partial charge in [0.05, 0.1) is 37.2 Å². The zero-order valence-electron chi connectivity index (χ0n) is 28.6. The van der Waals surface area contributed by atoms with Gasteiger partial charge in [0.2, 0.25) is 17.7 Å². The molecule has 2 aromatic heterocycles. The van der Waals surface area contributed by atoms with E-state index in [-0.39, 0.29) is 30.0 Å². The van der Waals surface area contributed by atoms with Crippen molar-refractivity contribution in [2.24, 2.45) is 5.92 Å². The summed E-state index contributed by atoms with van der Waals surface area (Å²) in [5.41, 5.74) is 3.30. The standard InChI is InChI=1S/C38H44N6O4S/c1-26(2)34(45)41-36-40-33-32(35(42-36)48-37(3,4)5)39-25-43(33)21-30-22-44(23-31(47-30)24-46-49)38(27-15-9-6-10-16-27,28-17-11-7-12-18-28)29-19-13-8-14-20-29/h6-20,25-26,30-31,49H,21-24H2,1-5H3,(H,40,41,42,45). The molecule has 1 amide bonds. The first-order chi connectivity index (χ1) is 23.6. The van der Waals surface area contributed by atoms with Crippen molar-refractivity contribution in [2.45, 2.75) is 64.5 Å². The van der Waals surface area contributed by atoms with Gasteiger partial charge >= 0.3 is 0 Å². The molecule has 6 rings (SSSR count). The number of thiol groups is 1. The average molecular weight is 681 g/mol. The SMILES string of the molecule is CC(C)C(=O)Nc1nc(OC(C)(C)C)c2ncn(CC3CN(C(c4ccccc4)(c4ccccc4)c4ccccc4)CC(COS)O3)c2n1. The summed E-state index contributed by atoms with van der Waals surface area (Å²) >= 11 is 4.13. The summed E-state index contributed by atoms with van der Waals surface area (Å²) in [7, 11) is 0. The Balaban J connectivity index is 1.44. The van der Waals surface area contributed by atoms with Crippen molar-refractivity contribution < 1.29 is 18.5 Å². The van der Waals surface area contributed by atoms with Crippen LogP contribution >= 0.6 is 12.9 Å². The van der Waals surface area contributed by atoms with E-state index in [1.165, 1.54) is 0 Å². The minimum absolute atomic E-state index is 0.163. The minimum Gasteiger partial charge on any atom is -0.470 e. The Morgan fingerprint density at radius 2 is 1.45 bits per heavy atom. The second-order valence-corrected chi connectivity index (χ2v) is 13.9. The van der Waals surface area contributed by atoms with E-state index in [1.807, 2.05) is 57.4 Å². The first-order valence-corrected chi connectivity index (χ1v) is 17.0. The third-order valence-corrected chi connectivity index (χ3v) is 8.69. The summed E-state index contributed by atoms with van der Waals surface area (Å²) in [6, 6.07) is 31.8. The third kappa shape index (κ3) is 7.50. The fourth-order valence-corrected chi connectivity index (χ4v) is 6.67. The van der Waals surface area contributed by atoms with E-state index in [1.54, 1.807) is 6.33 Å². The summed E-state index contributed by atoms with van der Waals surface area (Å²) in [5.74, 6) is 0.0324. The van der Waals surface area contributed by atoms with Crippen LogP contribution in [0.25, 0.3) is 11.2 Å². The highest BCUT2D eigenvalue weighted by molar-refractivity contribution is 7.75. The van der Waals surface area contributed by atoms with Crippen LogP contribution in [0, 0.1) is 5.92 Å². The van der Waals surface area contributed by atoms with Crippen LogP contribution in [0.1, 0.15) is 51.3 Å². The molecule has 1 aliphatic rings. The number of carbonyl (C=O) groups excluding carboxylic acids is 1. The summed E-state index contributed by atoms with van der Waals surface area (Å²) in [6.07, 6.45) is 1.15. The Morgan fingerprint density at radius 1 is 0.898 bits per heavy atom. The summed E-state index contributed by atoms with van der Waals surface area (Å²) in [6.45, 7) is 11.4. The molecule has 10 nitrogen and oxygen atoms in total.